The molecular formula is C15H17NO4. The summed E-state index contributed by atoms with van der Waals surface area (Å²) in [7, 11) is 0. The second-order valence-corrected chi connectivity index (χ2v) is 5.17. The minimum absolute atomic E-state index is 0.00474. The molecule has 0 spiro atoms. The summed E-state index contributed by atoms with van der Waals surface area (Å²) in [6.07, 6.45) is 5.27. The summed E-state index contributed by atoms with van der Waals surface area (Å²) in [4.78, 5) is 23.7. The molecule has 0 saturated heterocycles. The predicted octanol–water partition coefficient (Wildman–Crippen LogP) is 2.47. The first kappa shape index (κ1) is 13.0. The number of rotatable bonds is 3. The number of nitrogens with zero attached hydrogens (tertiary/aromatic N) is 1. The second-order valence-electron chi connectivity index (χ2n) is 5.17. The van der Waals surface area contributed by atoms with Gasteiger partial charge in [-0.05, 0) is 37.8 Å². The highest BCUT2D eigenvalue weighted by Crippen LogP contribution is 2.20. The van der Waals surface area contributed by atoms with Crippen molar-refractivity contribution in [1.29, 1.82) is 0 Å². The molecule has 106 valence electrons. The topological polar surface area (TPSA) is 61.4 Å². The first-order valence-electron chi connectivity index (χ1n) is 7.02. The van der Waals surface area contributed by atoms with Crippen molar-refractivity contribution in [3.8, 4) is 0 Å². The number of esters is 1. The lowest BCUT2D eigenvalue weighted by atomic mass is 9.98. The Morgan fingerprint density at radius 3 is 2.80 bits per heavy atom. The summed E-state index contributed by atoms with van der Waals surface area (Å²) in [6.45, 7) is -0.0909. The Morgan fingerprint density at radius 2 is 2.00 bits per heavy atom. The molecule has 2 aromatic rings. The van der Waals surface area contributed by atoms with Crippen molar-refractivity contribution >= 4 is 17.1 Å². The van der Waals surface area contributed by atoms with Crippen molar-refractivity contribution in [2.24, 2.45) is 0 Å². The van der Waals surface area contributed by atoms with Gasteiger partial charge in [0.15, 0.2) is 5.58 Å². The van der Waals surface area contributed by atoms with Gasteiger partial charge in [0.05, 0.1) is 5.52 Å². The van der Waals surface area contributed by atoms with Crippen LogP contribution in [0.1, 0.15) is 32.1 Å². The highest BCUT2D eigenvalue weighted by Gasteiger charge is 2.19. The molecule has 3 rings (SSSR count). The van der Waals surface area contributed by atoms with Crippen LogP contribution in [-0.2, 0) is 16.1 Å². The van der Waals surface area contributed by atoms with E-state index in [0.717, 1.165) is 25.7 Å². The maximum atomic E-state index is 12.0. The summed E-state index contributed by atoms with van der Waals surface area (Å²) >= 11 is 0. The molecule has 1 aromatic carbocycles. The summed E-state index contributed by atoms with van der Waals surface area (Å²) in [5.74, 6) is -0.891. The van der Waals surface area contributed by atoms with E-state index in [1.165, 1.54) is 11.0 Å². The van der Waals surface area contributed by atoms with Crippen LogP contribution >= 0.6 is 0 Å². The lowest BCUT2D eigenvalue weighted by Gasteiger charge is -2.21. The van der Waals surface area contributed by atoms with Crippen LogP contribution in [-0.4, -0.2) is 16.6 Å². The van der Waals surface area contributed by atoms with Crippen molar-refractivity contribution in [3.63, 3.8) is 0 Å². The third-order valence-corrected chi connectivity index (χ3v) is 3.71. The number of para-hydroxylation sites is 2. The van der Waals surface area contributed by atoms with Crippen molar-refractivity contribution in [3.05, 3.63) is 34.8 Å². The van der Waals surface area contributed by atoms with E-state index in [1.807, 2.05) is 0 Å². The Kier molecular flexibility index (Phi) is 3.58. The summed E-state index contributed by atoms with van der Waals surface area (Å²) in [6, 6.07) is 7.06. The molecule has 0 unspecified atom stereocenters. The van der Waals surface area contributed by atoms with Crippen LogP contribution in [0.4, 0.5) is 0 Å². The Labute approximate surface area is 116 Å². The van der Waals surface area contributed by atoms with Crippen LogP contribution in [0, 0.1) is 0 Å². The fourth-order valence-corrected chi connectivity index (χ4v) is 2.70. The van der Waals surface area contributed by atoms with Crippen LogP contribution in [0.25, 0.3) is 11.1 Å². The molecule has 0 bridgehead atoms. The van der Waals surface area contributed by atoms with E-state index in [9.17, 15) is 9.59 Å². The average Bonchev–Trinajstić information content (AvgIpc) is 2.76. The number of hydrogen-bond donors (Lipinski definition) is 0. The molecule has 1 heterocycles. The van der Waals surface area contributed by atoms with E-state index in [1.54, 1.807) is 24.3 Å². The Morgan fingerprint density at radius 1 is 1.25 bits per heavy atom. The van der Waals surface area contributed by atoms with Crippen LogP contribution in [0.5, 0.6) is 0 Å². The molecule has 0 radical (unpaired) electrons. The Bertz CT molecular complexity index is 664. The van der Waals surface area contributed by atoms with E-state index in [-0.39, 0.29) is 18.6 Å². The maximum Gasteiger partial charge on any atom is 0.420 e. The summed E-state index contributed by atoms with van der Waals surface area (Å²) in [5.41, 5.74) is 1.11. The standard InChI is InChI=1S/C15H17NO4/c17-14(19-11-6-2-1-3-7-11)10-16-12-8-4-5-9-13(12)20-15(16)18/h4-5,8-9,11H,1-3,6-7,10H2. The number of oxazole rings is 1. The minimum Gasteiger partial charge on any atom is -0.461 e. The van der Waals surface area contributed by atoms with Gasteiger partial charge in [0, 0.05) is 0 Å². The lowest BCUT2D eigenvalue weighted by molar-refractivity contribution is -0.151. The van der Waals surface area contributed by atoms with Gasteiger partial charge in [-0.3, -0.25) is 9.36 Å². The first-order valence-corrected chi connectivity index (χ1v) is 7.02. The first-order chi connectivity index (χ1) is 9.74. The quantitative estimate of drug-likeness (QED) is 0.807. The number of carbonyl (C=O) groups is 1. The van der Waals surface area contributed by atoms with Crippen molar-refractivity contribution in [2.45, 2.75) is 44.8 Å². The zero-order valence-electron chi connectivity index (χ0n) is 11.2. The monoisotopic (exact) mass is 275 g/mol. The summed E-state index contributed by atoms with van der Waals surface area (Å²) < 4.78 is 11.8. The maximum absolute atomic E-state index is 12.0. The van der Waals surface area contributed by atoms with E-state index in [4.69, 9.17) is 9.15 Å². The van der Waals surface area contributed by atoms with Crippen molar-refractivity contribution in [1.82, 2.24) is 4.57 Å². The van der Waals surface area contributed by atoms with Gasteiger partial charge in [0.1, 0.15) is 12.6 Å². The van der Waals surface area contributed by atoms with E-state index in [2.05, 4.69) is 0 Å². The van der Waals surface area contributed by atoms with Crippen molar-refractivity contribution < 1.29 is 13.9 Å². The van der Waals surface area contributed by atoms with E-state index < -0.39 is 5.76 Å². The molecule has 0 atom stereocenters. The molecule has 0 amide bonds. The second kappa shape index (κ2) is 5.53. The molecule has 0 aliphatic heterocycles. The molecule has 1 fully saturated rings. The number of ether oxygens (including phenoxy) is 1. The Balaban J connectivity index is 1.74. The van der Waals surface area contributed by atoms with Gasteiger partial charge >= 0.3 is 11.7 Å². The molecule has 0 N–H and O–H groups in total. The fraction of sp³-hybridized carbons (Fsp3) is 0.467. The van der Waals surface area contributed by atoms with Gasteiger partial charge in [-0.2, -0.15) is 0 Å². The number of aromatic nitrogens is 1. The third-order valence-electron chi connectivity index (χ3n) is 3.71. The number of hydrogen-bond acceptors (Lipinski definition) is 4. The molecular weight excluding hydrogens is 258 g/mol. The molecule has 1 aliphatic rings. The van der Waals surface area contributed by atoms with Gasteiger partial charge in [0.2, 0.25) is 0 Å². The van der Waals surface area contributed by atoms with Gasteiger partial charge in [-0.1, -0.05) is 18.6 Å². The van der Waals surface area contributed by atoms with Gasteiger partial charge in [-0.25, -0.2) is 4.79 Å². The predicted molar refractivity (Wildman–Crippen MR) is 73.4 cm³/mol. The molecule has 1 aromatic heterocycles. The van der Waals surface area contributed by atoms with Gasteiger partial charge in [0.25, 0.3) is 0 Å². The van der Waals surface area contributed by atoms with Crippen molar-refractivity contribution in [2.75, 3.05) is 0 Å². The smallest absolute Gasteiger partial charge is 0.420 e. The lowest BCUT2D eigenvalue weighted by Crippen LogP contribution is -2.26. The van der Waals surface area contributed by atoms with E-state index >= 15 is 0 Å². The zero-order chi connectivity index (χ0) is 13.9. The number of fused-ring (bicyclic) bond motifs is 1. The molecule has 1 saturated carbocycles. The van der Waals surface area contributed by atoms with Crippen LogP contribution < -0.4 is 5.76 Å². The third kappa shape index (κ3) is 2.61. The SMILES string of the molecule is O=C(Cn1c(=O)oc2ccccc21)OC1CCCCC1. The fourth-order valence-electron chi connectivity index (χ4n) is 2.70. The van der Waals surface area contributed by atoms with Crippen LogP contribution in [0.15, 0.2) is 33.5 Å². The molecule has 5 heteroatoms. The molecule has 1 aliphatic carbocycles. The van der Waals surface area contributed by atoms with E-state index in [0.29, 0.717) is 11.1 Å². The zero-order valence-corrected chi connectivity index (χ0v) is 11.2. The minimum atomic E-state index is -0.521. The summed E-state index contributed by atoms with van der Waals surface area (Å²) in [5, 5.41) is 0. The average molecular weight is 275 g/mol. The highest BCUT2D eigenvalue weighted by atomic mass is 16.5. The Hall–Kier alpha value is -2.04. The normalized spacial score (nSPS) is 16.4. The molecule has 20 heavy (non-hydrogen) atoms. The van der Waals surface area contributed by atoms with Gasteiger partial charge < -0.3 is 9.15 Å². The van der Waals surface area contributed by atoms with Gasteiger partial charge in [-0.15, -0.1) is 0 Å². The number of carbonyl (C=O) groups excluding carboxylic acids is 1. The largest absolute Gasteiger partial charge is 0.461 e. The van der Waals surface area contributed by atoms with Crippen LogP contribution in [0.2, 0.25) is 0 Å². The molecule has 5 nitrogen and oxygen atoms in total. The highest BCUT2D eigenvalue weighted by molar-refractivity contribution is 5.76. The van der Waals surface area contributed by atoms with Crippen LogP contribution in [0.3, 0.4) is 0 Å². The number of benzene rings is 1.